The van der Waals surface area contributed by atoms with E-state index in [4.69, 9.17) is 11.5 Å². The number of nitrogens with two attached hydrogens (primary N) is 2. The maximum absolute atomic E-state index is 12.5. The number of anilines is 3. The summed E-state index contributed by atoms with van der Waals surface area (Å²) in [5.41, 5.74) is 11.8. The van der Waals surface area contributed by atoms with Gasteiger partial charge in [-0.1, -0.05) is 0 Å². The van der Waals surface area contributed by atoms with Gasteiger partial charge < -0.3 is 26.2 Å². The highest BCUT2D eigenvalue weighted by molar-refractivity contribution is 5.77. The number of likely N-dealkylation sites (tertiary alicyclic amines) is 2. The number of hydrogen-bond donors (Lipinski definition) is 2. The molecule has 1 aromatic rings. The zero-order valence-corrected chi connectivity index (χ0v) is 15.5. The minimum atomic E-state index is 0.222. The van der Waals surface area contributed by atoms with Crippen molar-refractivity contribution in [1.82, 2.24) is 19.8 Å². The van der Waals surface area contributed by atoms with Crippen LogP contribution in [0.1, 0.15) is 32.1 Å². The number of amides is 1. The Hall–Kier alpha value is -2.09. The zero-order chi connectivity index (χ0) is 18.3. The average Bonchev–Trinajstić information content (AvgIpc) is 3.03. The molecule has 0 saturated carbocycles. The number of likely N-dealkylation sites (N-methyl/N-ethyl adjacent to an activating group) is 1. The molecule has 4 rings (SSSR count). The molecule has 8 heteroatoms. The standard InChI is InChI=1S/C18H29N7O/c1-23-7-3-13(11-23)25-12-18(4-2-16(25)26)5-8-24(9-6-18)15-10-14(19)21-17(20)22-15/h10,13H,2-9,11-12H2,1H3,(H4,19,20,21,22)/t13-/m0/s1. The van der Waals surface area contributed by atoms with E-state index in [0.29, 0.717) is 24.2 Å². The van der Waals surface area contributed by atoms with Crippen LogP contribution in [0.15, 0.2) is 6.07 Å². The van der Waals surface area contributed by atoms with Crippen molar-refractivity contribution >= 4 is 23.5 Å². The van der Waals surface area contributed by atoms with Crippen molar-refractivity contribution in [1.29, 1.82) is 0 Å². The number of piperidine rings is 2. The third-order valence-corrected chi connectivity index (χ3v) is 6.40. The summed E-state index contributed by atoms with van der Waals surface area (Å²) in [7, 11) is 2.14. The molecule has 0 radical (unpaired) electrons. The van der Waals surface area contributed by atoms with Crippen LogP contribution in [0.4, 0.5) is 17.6 Å². The molecule has 0 aliphatic carbocycles. The molecular weight excluding hydrogens is 330 g/mol. The SMILES string of the molecule is CN1CC[C@H](N2CC3(CCC2=O)CCN(c2cc(N)nc(N)n2)CC3)C1. The maximum Gasteiger partial charge on any atom is 0.223 e. The van der Waals surface area contributed by atoms with Crippen LogP contribution in [0.2, 0.25) is 0 Å². The van der Waals surface area contributed by atoms with Crippen molar-refractivity contribution in [2.45, 2.75) is 38.1 Å². The predicted octanol–water partition coefficient (Wildman–Crippen LogP) is 0.554. The highest BCUT2D eigenvalue weighted by atomic mass is 16.2. The molecule has 0 unspecified atom stereocenters. The molecule has 1 atom stereocenters. The first-order valence-electron chi connectivity index (χ1n) is 9.57. The summed E-state index contributed by atoms with van der Waals surface area (Å²) in [6.07, 6.45) is 4.94. The minimum absolute atomic E-state index is 0.222. The number of carbonyl (C=O) groups excluding carboxylic acids is 1. The third kappa shape index (κ3) is 3.30. The number of carbonyl (C=O) groups is 1. The lowest BCUT2D eigenvalue weighted by molar-refractivity contribution is -0.141. The van der Waals surface area contributed by atoms with Crippen LogP contribution >= 0.6 is 0 Å². The Morgan fingerprint density at radius 3 is 2.58 bits per heavy atom. The molecule has 1 aromatic heterocycles. The molecule has 1 amide bonds. The van der Waals surface area contributed by atoms with Crippen molar-refractivity contribution < 1.29 is 4.79 Å². The Kier molecular flexibility index (Phi) is 4.38. The quantitative estimate of drug-likeness (QED) is 0.795. The van der Waals surface area contributed by atoms with Crippen molar-refractivity contribution in [2.75, 3.05) is 56.1 Å². The molecule has 26 heavy (non-hydrogen) atoms. The fourth-order valence-electron chi connectivity index (χ4n) is 4.79. The van der Waals surface area contributed by atoms with Gasteiger partial charge >= 0.3 is 0 Å². The fourth-order valence-corrected chi connectivity index (χ4v) is 4.79. The van der Waals surface area contributed by atoms with Crippen LogP contribution in [0.3, 0.4) is 0 Å². The lowest BCUT2D eigenvalue weighted by atomic mass is 9.72. The Labute approximate surface area is 154 Å². The molecule has 1 spiro atoms. The first kappa shape index (κ1) is 17.3. The van der Waals surface area contributed by atoms with Crippen LogP contribution in [-0.4, -0.2) is 71.5 Å². The number of nitrogens with zero attached hydrogens (tertiary/aromatic N) is 5. The summed E-state index contributed by atoms with van der Waals surface area (Å²) in [6, 6.07) is 2.18. The summed E-state index contributed by atoms with van der Waals surface area (Å²) >= 11 is 0. The van der Waals surface area contributed by atoms with Crippen LogP contribution in [-0.2, 0) is 4.79 Å². The number of hydrogen-bond acceptors (Lipinski definition) is 7. The van der Waals surface area contributed by atoms with E-state index in [2.05, 4.69) is 31.7 Å². The Bertz CT molecular complexity index is 666. The summed E-state index contributed by atoms with van der Waals surface area (Å²) in [4.78, 5) is 27.6. The Balaban J connectivity index is 1.43. The van der Waals surface area contributed by atoms with Crippen LogP contribution in [0, 0.1) is 5.41 Å². The second-order valence-electron chi connectivity index (χ2n) is 8.22. The van der Waals surface area contributed by atoms with E-state index in [1.54, 1.807) is 6.07 Å². The van der Waals surface area contributed by atoms with Gasteiger partial charge in [-0.05, 0) is 44.7 Å². The van der Waals surface area contributed by atoms with Crippen molar-refractivity contribution in [3.8, 4) is 0 Å². The molecule has 4 N–H and O–H groups in total. The van der Waals surface area contributed by atoms with Gasteiger partial charge in [0.25, 0.3) is 0 Å². The molecule has 8 nitrogen and oxygen atoms in total. The Morgan fingerprint density at radius 1 is 1.15 bits per heavy atom. The normalized spacial score (nSPS) is 26.7. The second-order valence-corrected chi connectivity index (χ2v) is 8.22. The molecule has 3 aliphatic rings. The third-order valence-electron chi connectivity index (χ3n) is 6.40. The highest BCUT2D eigenvalue weighted by Crippen LogP contribution is 2.42. The van der Waals surface area contributed by atoms with Gasteiger partial charge in [-0.25, -0.2) is 0 Å². The molecule has 0 bridgehead atoms. The fraction of sp³-hybridized carbons (Fsp3) is 0.722. The van der Waals surface area contributed by atoms with E-state index < -0.39 is 0 Å². The van der Waals surface area contributed by atoms with E-state index >= 15 is 0 Å². The van der Waals surface area contributed by atoms with Crippen molar-refractivity contribution in [3.63, 3.8) is 0 Å². The van der Waals surface area contributed by atoms with Gasteiger partial charge in [0.15, 0.2) is 0 Å². The van der Waals surface area contributed by atoms with E-state index in [1.807, 2.05) is 0 Å². The molecule has 4 heterocycles. The van der Waals surface area contributed by atoms with Gasteiger partial charge in [-0.3, -0.25) is 4.79 Å². The monoisotopic (exact) mass is 359 g/mol. The number of aromatic nitrogens is 2. The molecule has 0 aromatic carbocycles. The molecule has 3 saturated heterocycles. The molecular formula is C18H29N7O. The summed E-state index contributed by atoms with van der Waals surface area (Å²) in [6.45, 7) is 4.84. The van der Waals surface area contributed by atoms with Gasteiger partial charge in [0.1, 0.15) is 11.6 Å². The zero-order valence-electron chi connectivity index (χ0n) is 15.5. The van der Waals surface area contributed by atoms with Crippen LogP contribution < -0.4 is 16.4 Å². The second kappa shape index (κ2) is 6.57. The number of nitrogen functional groups attached to an aromatic ring is 2. The van der Waals surface area contributed by atoms with Crippen LogP contribution in [0.5, 0.6) is 0 Å². The summed E-state index contributed by atoms with van der Waals surface area (Å²) in [5.74, 6) is 1.79. The summed E-state index contributed by atoms with van der Waals surface area (Å²) < 4.78 is 0. The molecule has 142 valence electrons. The Morgan fingerprint density at radius 2 is 1.92 bits per heavy atom. The van der Waals surface area contributed by atoms with Crippen LogP contribution in [0.25, 0.3) is 0 Å². The highest BCUT2D eigenvalue weighted by Gasteiger charge is 2.43. The smallest absolute Gasteiger partial charge is 0.223 e. The first-order valence-corrected chi connectivity index (χ1v) is 9.57. The lowest BCUT2D eigenvalue weighted by Gasteiger charge is -2.49. The van der Waals surface area contributed by atoms with Gasteiger partial charge in [0, 0.05) is 44.7 Å². The maximum atomic E-state index is 12.5. The van der Waals surface area contributed by atoms with Crippen molar-refractivity contribution in [2.24, 2.45) is 5.41 Å². The molecule has 3 fully saturated rings. The van der Waals surface area contributed by atoms with E-state index in [9.17, 15) is 4.79 Å². The van der Waals surface area contributed by atoms with E-state index in [0.717, 1.165) is 64.2 Å². The number of rotatable bonds is 2. The average molecular weight is 359 g/mol. The summed E-state index contributed by atoms with van der Waals surface area (Å²) in [5, 5.41) is 0. The van der Waals surface area contributed by atoms with Crippen molar-refractivity contribution in [3.05, 3.63) is 6.07 Å². The molecule has 3 aliphatic heterocycles. The van der Waals surface area contributed by atoms with E-state index in [-0.39, 0.29) is 11.4 Å². The first-order chi connectivity index (χ1) is 12.4. The topological polar surface area (TPSA) is 105 Å². The van der Waals surface area contributed by atoms with E-state index in [1.165, 1.54) is 0 Å². The van der Waals surface area contributed by atoms with Gasteiger partial charge in [-0.15, -0.1) is 0 Å². The minimum Gasteiger partial charge on any atom is -0.383 e. The van der Waals surface area contributed by atoms with Gasteiger partial charge in [-0.2, -0.15) is 9.97 Å². The van der Waals surface area contributed by atoms with Gasteiger partial charge in [0.2, 0.25) is 11.9 Å². The largest absolute Gasteiger partial charge is 0.383 e. The van der Waals surface area contributed by atoms with Gasteiger partial charge in [0.05, 0.1) is 0 Å². The lowest BCUT2D eigenvalue weighted by Crippen LogP contribution is -2.55. The predicted molar refractivity (Wildman–Crippen MR) is 102 cm³/mol.